The van der Waals surface area contributed by atoms with Crippen LogP contribution in [-0.2, 0) is 9.59 Å². The number of nitrogens with one attached hydrogen (secondary N) is 2. The van der Waals surface area contributed by atoms with Crippen molar-refractivity contribution >= 4 is 73.8 Å². The van der Waals surface area contributed by atoms with Crippen molar-refractivity contribution in [1.29, 1.82) is 0 Å². The molecule has 3 amide bonds. The van der Waals surface area contributed by atoms with Crippen molar-refractivity contribution in [2.24, 2.45) is 0 Å². The van der Waals surface area contributed by atoms with Gasteiger partial charge < -0.3 is 15.4 Å². The van der Waals surface area contributed by atoms with Crippen molar-refractivity contribution in [3.05, 3.63) is 110 Å². The molecule has 0 fully saturated rings. The average molecular weight is 607 g/mol. The maximum atomic E-state index is 13.6. The number of rotatable bonds is 8. The molecule has 7 nitrogen and oxygen atoms in total. The zero-order chi connectivity index (χ0) is 26.6. The van der Waals surface area contributed by atoms with Gasteiger partial charge in [-0.25, -0.2) is 4.90 Å². The summed E-state index contributed by atoms with van der Waals surface area (Å²) < 4.78 is 6.10. The number of thioether (sulfide) groups is 1. The Hall–Kier alpha value is -3.86. The molecule has 1 aliphatic heterocycles. The van der Waals surface area contributed by atoms with Crippen LogP contribution in [0.4, 0.5) is 17.1 Å². The lowest BCUT2D eigenvalue weighted by molar-refractivity contribution is -0.120. The van der Waals surface area contributed by atoms with E-state index < -0.39 is 11.8 Å². The highest BCUT2D eigenvalue weighted by Gasteiger charge is 2.40. The van der Waals surface area contributed by atoms with Crippen molar-refractivity contribution < 1.29 is 19.1 Å². The quantitative estimate of drug-likeness (QED) is 0.216. The third kappa shape index (κ3) is 5.52. The summed E-state index contributed by atoms with van der Waals surface area (Å²) in [6.07, 6.45) is 0. The van der Waals surface area contributed by atoms with Crippen molar-refractivity contribution in [2.75, 3.05) is 22.6 Å². The van der Waals surface area contributed by atoms with Gasteiger partial charge >= 0.3 is 0 Å². The molecule has 0 spiro atoms. The van der Waals surface area contributed by atoms with Crippen LogP contribution in [0.2, 0.25) is 0 Å². The highest BCUT2D eigenvalue weighted by atomic mass is 79.9. The second-order valence-corrected chi connectivity index (χ2v) is 11.0. The number of imide groups is 1. The Bertz CT molecular complexity index is 1520. The molecule has 10 heteroatoms. The van der Waals surface area contributed by atoms with E-state index in [-0.39, 0.29) is 16.5 Å². The number of nitrogens with zero attached hydrogens (tertiary/aromatic N) is 1. The second kappa shape index (κ2) is 11.3. The number of anilines is 3. The third-order valence-electron chi connectivity index (χ3n) is 5.56. The molecule has 0 atom stereocenters. The van der Waals surface area contributed by atoms with Crippen LogP contribution >= 0.6 is 39.0 Å². The number of hydrogen-bond acceptors (Lipinski definition) is 7. The molecule has 2 N–H and O–H groups in total. The topological polar surface area (TPSA) is 87.7 Å². The van der Waals surface area contributed by atoms with E-state index in [1.165, 1.54) is 23.1 Å². The number of hydrogen-bond donors (Lipinski definition) is 2. The number of benzene rings is 3. The fourth-order valence-electron chi connectivity index (χ4n) is 3.68. The van der Waals surface area contributed by atoms with Gasteiger partial charge in [-0.2, -0.15) is 0 Å². The predicted molar refractivity (Wildman–Crippen MR) is 155 cm³/mol. The minimum Gasteiger partial charge on any atom is -0.497 e. The van der Waals surface area contributed by atoms with E-state index in [2.05, 4.69) is 26.6 Å². The van der Waals surface area contributed by atoms with Crippen LogP contribution in [-0.4, -0.2) is 24.8 Å². The Kier molecular flexibility index (Phi) is 7.64. The fourth-order valence-corrected chi connectivity index (χ4v) is 5.49. The summed E-state index contributed by atoms with van der Waals surface area (Å²) in [5.41, 5.74) is 1.93. The van der Waals surface area contributed by atoms with Crippen LogP contribution in [0.25, 0.3) is 0 Å². The van der Waals surface area contributed by atoms with Gasteiger partial charge in [0.05, 0.1) is 17.7 Å². The van der Waals surface area contributed by atoms with Gasteiger partial charge in [0, 0.05) is 20.7 Å². The summed E-state index contributed by atoms with van der Waals surface area (Å²) in [7, 11) is 1.55. The molecule has 0 saturated heterocycles. The lowest BCUT2D eigenvalue weighted by atomic mass is 10.2. The van der Waals surface area contributed by atoms with Crippen LogP contribution in [0.1, 0.15) is 9.67 Å². The molecule has 4 aromatic rings. The number of methoxy groups -OCH3 is 1. The number of carbonyl (C=O) groups excluding carboxylic acids is 3. The van der Waals surface area contributed by atoms with E-state index in [1.807, 2.05) is 35.7 Å². The summed E-state index contributed by atoms with van der Waals surface area (Å²) in [5, 5.41) is 7.84. The van der Waals surface area contributed by atoms with Crippen molar-refractivity contribution in [3.63, 3.8) is 0 Å². The van der Waals surface area contributed by atoms with E-state index in [9.17, 15) is 14.4 Å². The van der Waals surface area contributed by atoms with E-state index in [0.717, 1.165) is 14.3 Å². The maximum Gasteiger partial charge on any atom is 0.283 e. The summed E-state index contributed by atoms with van der Waals surface area (Å²) in [4.78, 5) is 42.2. The summed E-state index contributed by atoms with van der Waals surface area (Å²) in [6, 6.07) is 24.8. The van der Waals surface area contributed by atoms with Gasteiger partial charge in [-0.05, 0) is 84.2 Å². The monoisotopic (exact) mass is 605 g/mol. The molecule has 0 bridgehead atoms. The van der Waals surface area contributed by atoms with Gasteiger partial charge in [-0.15, -0.1) is 11.3 Å². The van der Waals surface area contributed by atoms with Gasteiger partial charge in [-0.3, -0.25) is 14.4 Å². The molecule has 0 aliphatic carbocycles. The molecular weight excluding hydrogens is 586 g/mol. The number of thiophene rings is 1. The molecular formula is C28H20BrN3O4S2. The second-order valence-electron chi connectivity index (χ2n) is 8.04. The third-order valence-corrected chi connectivity index (χ3v) is 8.05. The smallest absolute Gasteiger partial charge is 0.283 e. The molecule has 1 aliphatic rings. The van der Waals surface area contributed by atoms with Crippen LogP contribution < -0.4 is 20.3 Å². The maximum absolute atomic E-state index is 13.6. The van der Waals surface area contributed by atoms with Gasteiger partial charge in [0.15, 0.2) is 0 Å². The fraction of sp³-hybridized carbons (Fsp3) is 0.0357. The molecule has 1 aromatic heterocycles. The molecule has 0 unspecified atom stereocenters. The van der Waals surface area contributed by atoms with E-state index in [4.69, 9.17) is 4.74 Å². The van der Waals surface area contributed by atoms with Gasteiger partial charge in [0.2, 0.25) is 0 Å². The normalized spacial score (nSPS) is 13.2. The predicted octanol–water partition coefficient (Wildman–Crippen LogP) is 6.76. The molecule has 0 saturated carbocycles. The first-order valence-corrected chi connectivity index (χ1v) is 13.8. The van der Waals surface area contributed by atoms with E-state index in [0.29, 0.717) is 27.7 Å². The number of amides is 3. The first-order valence-electron chi connectivity index (χ1n) is 11.4. The number of halogens is 1. The SMILES string of the molecule is COc1ccc(N2C(=O)C(Nc3ccc(Br)cc3)=C(Sc3ccc(NC(=O)c4cccs4)cc3)C2=O)cc1. The molecule has 3 aromatic carbocycles. The van der Waals surface area contributed by atoms with Crippen LogP contribution in [0.5, 0.6) is 5.75 Å². The first-order chi connectivity index (χ1) is 18.4. The van der Waals surface area contributed by atoms with Crippen LogP contribution in [0, 0.1) is 0 Å². The zero-order valence-corrected chi connectivity index (χ0v) is 23.2. The van der Waals surface area contributed by atoms with E-state index >= 15 is 0 Å². The van der Waals surface area contributed by atoms with Crippen LogP contribution in [0.15, 0.2) is 110 Å². The van der Waals surface area contributed by atoms with Gasteiger partial charge in [0.1, 0.15) is 16.4 Å². The molecule has 190 valence electrons. The van der Waals surface area contributed by atoms with E-state index in [1.54, 1.807) is 61.7 Å². The Labute approximate surface area is 235 Å². The average Bonchev–Trinajstić information content (AvgIpc) is 3.55. The Morgan fingerprint density at radius 3 is 2.21 bits per heavy atom. The summed E-state index contributed by atoms with van der Waals surface area (Å²) in [6.45, 7) is 0. The van der Waals surface area contributed by atoms with Crippen LogP contribution in [0.3, 0.4) is 0 Å². The zero-order valence-electron chi connectivity index (χ0n) is 19.9. The Morgan fingerprint density at radius 2 is 1.58 bits per heavy atom. The van der Waals surface area contributed by atoms with Gasteiger partial charge in [-0.1, -0.05) is 33.8 Å². The van der Waals surface area contributed by atoms with Gasteiger partial charge in [0.25, 0.3) is 17.7 Å². The summed E-state index contributed by atoms with van der Waals surface area (Å²) >= 11 is 5.96. The molecule has 5 rings (SSSR count). The minimum atomic E-state index is -0.453. The first kappa shape index (κ1) is 25.8. The Morgan fingerprint density at radius 1 is 0.895 bits per heavy atom. The number of ether oxygens (including phenoxy) is 1. The standard InChI is InChI=1S/C28H20BrN3O4S2/c1-36-21-12-10-20(11-13-21)32-27(34)24(30-18-6-4-17(29)5-7-18)25(28(32)35)38-22-14-8-19(9-15-22)31-26(33)23-3-2-16-37-23/h2-16,30H,1H3,(H,31,33). The molecule has 38 heavy (non-hydrogen) atoms. The van der Waals surface area contributed by atoms with Crippen molar-refractivity contribution in [2.45, 2.75) is 4.90 Å². The largest absolute Gasteiger partial charge is 0.497 e. The highest BCUT2D eigenvalue weighted by molar-refractivity contribution is 9.10. The molecule has 2 heterocycles. The Balaban J connectivity index is 1.42. The lowest BCUT2D eigenvalue weighted by Crippen LogP contribution is -2.32. The molecule has 0 radical (unpaired) electrons. The summed E-state index contributed by atoms with van der Waals surface area (Å²) in [5.74, 6) is -0.448. The highest BCUT2D eigenvalue weighted by Crippen LogP contribution is 2.38. The van der Waals surface area contributed by atoms with Crippen molar-refractivity contribution in [3.8, 4) is 5.75 Å². The number of carbonyl (C=O) groups is 3. The minimum absolute atomic E-state index is 0.184. The van der Waals surface area contributed by atoms with Crippen molar-refractivity contribution in [1.82, 2.24) is 0 Å². The lowest BCUT2D eigenvalue weighted by Gasteiger charge is -2.15.